The lowest BCUT2D eigenvalue weighted by Crippen LogP contribution is -2.33. The van der Waals surface area contributed by atoms with E-state index in [0.29, 0.717) is 31.1 Å². The SMILES string of the molecule is COCCNCCNC(=O)c1cccnc1NC(C)C. The molecule has 0 atom stereocenters. The molecule has 112 valence electrons. The first-order valence-corrected chi connectivity index (χ1v) is 6.84. The van der Waals surface area contributed by atoms with Gasteiger partial charge in [0.1, 0.15) is 5.82 Å². The van der Waals surface area contributed by atoms with Gasteiger partial charge in [-0.1, -0.05) is 0 Å². The van der Waals surface area contributed by atoms with Crippen LogP contribution in [0.1, 0.15) is 24.2 Å². The number of carbonyl (C=O) groups excluding carboxylic acids is 1. The van der Waals surface area contributed by atoms with E-state index in [2.05, 4.69) is 20.9 Å². The summed E-state index contributed by atoms with van der Waals surface area (Å²) in [6.45, 7) is 6.74. The normalized spacial score (nSPS) is 10.6. The van der Waals surface area contributed by atoms with Crippen LogP contribution in [0.15, 0.2) is 18.3 Å². The predicted octanol–water partition coefficient (Wildman–Crippen LogP) is 0.868. The molecular weight excluding hydrogens is 256 g/mol. The van der Waals surface area contributed by atoms with Crippen molar-refractivity contribution in [2.45, 2.75) is 19.9 Å². The van der Waals surface area contributed by atoms with Crippen LogP contribution in [0.2, 0.25) is 0 Å². The van der Waals surface area contributed by atoms with Gasteiger partial charge in [0.15, 0.2) is 0 Å². The Hall–Kier alpha value is -1.66. The van der Waals surface area contributed by atoms with Gasteiger partial charge in [-0.25, -0.2) is 4.98 Å². The zero-order valence-corrected chi connectivity index (χ0v) is 12.4. The summed E-state index contributed by atoms with van der Waals surface area (Å²) in [5.41, 5.74) is 0.568. The first-order valence-electron chi connectivity index (χ1n) is 6.84. The van der Waals surface area contributed by atoms with Crippen molar-refractivity contribution in [1.82, 2.24) is 15.6 Å². The van der Waals surface area contributed by atoms with Crippen molar-refractivity contribution in [3.63, 3.8) is 0 Å². The Bertz CT molecular complexity index is 410. The maximum Gasteiger partial charge on any atom is 0.255 e. The van der Waals surface area contributed by atoms with Crippen molar-refractivity contribution in [2.75, 3.05) is 38.7 Å². The van der Waals surface area contributed by atoms with Crippen molar-refractivity contribution < 1.29 is 9.53 Å². The second-order valence-electron chi connectivity index (χ2n) is 4.70. The van der Waals surface area contributed by atoms with Gasteiger partial charge in [-0.05, 0) is 26.0 Å². The number of hydrogen-bond donors (Lipinski definition) is 3. The van der Waals surface area contributed by atoms with E-state index in [0.717, 1.165) is 6.54 Å². The Labute approximate surface area is 120 Å². The first kappa shape index (κ1) is 16.4. The van der Waals surface area contributed by atoms with E-state index >= 15 is 0 Å². The third kappa shape index (κ3) is 5.99. The van der Waals surface area contributed by atoms with Crippen LogP contribution in [0.4, 0.5) is 5.82 Å². The number of carbonyl (C=O) groups is 1. The Morgan fingerprint density at radius 3 is 2.85 bits per heavy atom. The monoisotopic (exact) mass is 280 g/mol. The van der Waals surface area contributed by atoms with Crippen molar-refractivity contribution in [3.05, 3.63) is 23.9 Å². The van der Waals surface area contributed by atoms with Gasteiger partial charge in [0.2, 0.25) is 0 Å². The van der Waals surface area contributed by atoms with Crippen LogP contribution in [0.25, 0.3) is 0 Å². The summed E-state index contributed by atoms with van der Waals surface area (Å²) in [4.78, 5) is 16.3. The molecule has 6 heteroatoms. The van der Waals surface area contributed by atoms with Crippen LogP contribution >= 0.6 is 0 Å². The molecule has 20 heavy (non-hydrogen) atoms. The zero-order chi connectivity index (χ0) is 14.8. The Kier molecular flexibility index (Phi) is 7.60. The molecule has 0 aromatic carbocycles. The molecule has 1 aromatic heterocycles. The number of methoxy groups -OCH3 is 1. The maximum absolute atomic E-state index is 12.1. The molecule has 0 aliphatic heterocycles. The number of aromatic nitrogens is 1. The number of pyridine rings is 1. The first-order chi connectivity index (χ1) is 9.65. The average molecular weight is 280 g/mol. The number of nitrogens with one attached hydrogen (secondary N) is 3. The summed E-state index contributed by atoms with van der Waals surface area (Å²) in [5, 5.41) is 9.20. The van der Waals surface area contributed by atoms with E-state index in [1.165, 1.54) is 0 Å². The lowest BCUT2D eigenvalue weighted by molar-refractivity contribution is 0.0954. The van der Waals surface area contributed by atoms with Crippen LogP contribution in [0.5, 0.6) is 0 Å². The summed E-state index contributed by atoms with van der Waals surface area (Å²) in [7, 11) is 1.66. The lowest BCUT2D eigenvalue weighted by Gasteiger charge is -2.13. The molecule has 1 rings (SSSR count). The molecule has 0 bridgehead atoms. The number of nitrogens with zero attached hydrogens (tertiary/aromatic N) is 1. The second kappa shape index (κ2) is 9.28. The molecule has 1 amide bonds. The highest BCUT2D eigenvalue weighted by molar-refractivity contribution is 5.98. The van der Waals surface area contributed by atoms with Gasteiger partial charge in [0.25, 0.3) is 5.91 Å². The van der Waals surface area contributed by atoms with E-state index in [1.807, 2.05) is 13.8 Å². The summed E-state index contributed by atoms with van der Waals surface area (Å²) in [5.74, 6) is 0.502. The van der Waals surface area contributed by atoms with Crippen LogP contribution in [0, 0.1) is 0 Å². The van der Waals surface area contributed by atoms with Gasteiger partial charge in [0, 0.05) is 39.0 Å². The molecule has 0 aliphatic rings. The van der Waals surface area contributed by atoms with Crippen LogP contribution < -0.4 is 16.0 Å². The largest absolute Gasteiger partial charge is 0.383 e. The van der Waals surface area contributed by atoms with Gasteiger partial charge >= 0.3 is 0 Å². The van der Waals surface area contributed by atoms with Crippen LogP contribution in [-0.4, -0.2) is 50.3 Å². The molecular formula is C14H24N4O2. The summed E-state index contributed by atoms with van der Waals surface area (Å²) >= 11 is 0. The van der Waals surface area contributed by atoms with E-state index in [4.69, 9.17) is 4.74 Å². The van der Waals surface area contributed by atoms with Gasteiger partial charge in [-0.2, -0.15) is 0 Å². The highest BCUT2D eigenvalue weighted by Gasteiger charge is 2.11. The van der Waals surface area contributed by atoms with Gasteiger partial charge in [-0.3, -0.25) is 4.79 Å². The second-order valence-corrected chi connectivity index (χ2v) is 4.70. The van der Waals surface area contributed by atoms with Crippen LogP contribution in [0.3, 0.4) is 0 Å². The van der Waals surface area contributed by atoms with E-state index in [-0.39, 0.29) is 11.9 Å². The molecule has 0 unspecified atom stereocenters. The molecule has 0 aliphatic carbocycles. The van der Waals surface area contributed by atoms with E-state index < -0.39 is 0 Å². The minimum atomic E-state index is -0.116. The summed E-state index contributed by atoms with van der Waals surface area (Å²) in [6.07, 6.45) is 1.67. The van der Waals surface area contributed by atoms with Gasteiger partial charge in [-0.15, -0.1) is 0 Å². The fourth-order valence-corrected chi connectivity index (χ4v) is 1.64. The van der Waals surface area contributed by atoms with E-state index in [1.54, 1.807) is 25.4 Å². The summed E-state index contributed by atoms with van der Waals surface area (Å²) in [6, 6.07) is 3.76. The predicted molar refractivity (Wildman–Crippen MR) is 80.1 cm³/mol. The minimum Gasteiger partial charge on any atom is -0.383 e. The Morgan fingerprint density at radius 2 is 2.15 bits per heavy atom. The van der Waals surface area contributed by atoms with Gasteiger partial charge in [0.05, 0.1) is 12.2 Å². The van der Waals surface area contributed by atoms with Crippen LogP contribution in [-0.2, 0) is 4.74 Å². The Morgan fingerprint density at radius 1 is 1.35 bits per heavy atom. The molecule has 6 nitrogen and oxygen atoms in total. The number of rotatable bonds is 9. The minimum absolute atomic E-state index is 0.116. The fraction of sp³-hybridized carbons (Fsp3) is 0.571. The lowest BCUT2D eigenvalue weighted by atomic mass is 10.2. The van der Waals surface area contributed by atoms with Crippen molar-refractivity contribution >= 4 is 11.7 Å². The molecule has 0 radical (unpaired) electrons. The molecule has 1 heterocycles. The number of ether oxygens (including phenoxy) is 1. The molecule has 0 fully saturated rings. The number of anilines is 1. The molecule has 0 spiro atoms. The maximum atomic E-state index is 12.1. The molecule has 0 saturated carbocycles. The zero-order valence-electron chi connectivity index (χ0n) is 12.4. The average Bonchev–Trinajstić information content (AvgIpc) is 2.42. The smallest absolute Gasteiger partial charge is 0.255 e. The molecule has 1 aromatic rings. The highest BCUT2D eigenvalue weighted by atomic mass is 16.5. The number of amides is 1. The quantitative estimate of drug-likeness (QED) is 0.585. The topological polar surface area (TPSA) is 75.3 Å². The molecule has 0 saturated heterocycles. The van der Waals surface area contributed by atoms with Gasteiger partial charge < -0.3 is 20.7 Å². The third-order valence-electron chi connectivity index (χ3n) is 2.55. The molecule has 3 N–H and O–H groups in total. The standard InChI is InChI=1S/C14H24N4O2/c1-11(2)18-13-12(5-4-6-16-13)14(19)17-8-7-15-9-10-20-3/h4-6,11,15H,7-10H2,1-3H3,(H,16,18)(H,17,19). The number of hydrogen-bond acceptors (Lipinski definition) is 5. The van der Waals surface area contributed by atoms with Crippen molar-refractivity contribution in [2.24, 2.45) is 0 Å². The summed E-state index contributed by atoms with van der Waals surface area (Å²) < 4.78 is 4.93. The Balaban J connectivity index is 2.43. The fourth-order valence-electron chi connectivity index (χ4n) is 1.64. The van der Waals surface area contributed by atoms with E-state index in [9.17, 15) is 4.79 Å². The third-order valence-corrected chi connectivity index (χ3v) is 2.55. The van der Waals surface area contributed by atoms with Crippen molar-refractivity contribution in [1.29, 1.82) is 0 Å². The van der Waals surface area contributed by atoms with Crippen molar-refractivity contribution in [3.8, 4) is 0 Å². The highest BCUT2D eigenvalue weighted by Crippen LogP contribution is 2.12.